The van der Waals surface area contributed by atoms with Crippen molar-refractivity contribution in [1.29, 1.82) is 0 Å². The highest BCUT2D eigenvalue weighted by Crippen LogP contribution is 2.08. The van der Waals surface area contributed by atoms with Gasteiger partial charge in [-0.25, -0.2) is 13.5 Å². The Bertz CT molecular complexity index is 609. The van der Waals surface area contributed by atoms with E-state index >= 15 is 0 Å². The van der Waals surface area contributed by atoms with Gasteiger partial charge in [0.25, 0.3) is 0 Å². The maximum absolute atomic E-state index is 13.0. The van der Waals surface area contributed by atoms with Gasteiger partial charge < -0.3 is 11.1 Å². The number of rotatable bonds is 6. The number of aromatic nitrogens is 3. The first-order valence-electron chi connectivity index (χ1n) is 6.37. The molecule has 1 amide bonds. The summed E-state index contributed by atoms with van der Waals surface area (Å²) in [5, 5.41) is 10.1. The van der Waals surface area contributed by atoms with Crippen molar-refractivity contribution < 1.29 is 13.6 Å². The first-order valence-corrected chi connectivity index (χ1v) is 6.37. The Morgan fingerprint density at radius 3 is 2.62 bits per heavy atom. The quantitative estimate of drug-likeness (QED) is 0.806. The van der Waals surface area contributed by atoms with Gasteiger partial charge in [-0.05, 0) is 24.1 Å². The van der Waals surface area contributed by atoms with E-state index in [1.165, 1.54) is 16.8 Å². The highest BCUT2D eigenvalue weighted by atomic mass is 19.1. The van der Waals surface area contributed by atoms with Gasteiger partial charge in [0.2, 0.25) is 5.91 Å². The van der Waals surface area contributed by atoms with Crippen LogP contribution in [-0.4, -0.2) is 27.4 Å². The second-order valence-corrected chi connectivity index (χ2v) is 4.49. The minimum Gasteiger partial charge on any atom is -0.354 e. The molecule has 6 nitrogen and oxygen atoms in total. The molecule has 0 bridgehead atoms. The number of nitrogens with zero attached hydrogens (tertiary/aromatic N) is 3. The summed E-state index contributed by atoms with van der Waals surface area (Å²) in [6.07, 6.45) is 1.92. The fourth-order valence-electron chi connectivity index (χ4n) is 1.81. The zero-order chi connectivity index (χ0) is 15.2. The fraction of sp³-hybridized carbons (Fsp3) is 0.308. The first-order chi connectivity index (χ1) is 10.1. The van der Waals surface area contributed by atoms with Gasteiger partial charge in [0.05, 0.1) is 11.9 Å². The van der Waals surface area contributed by atoms with Crippen molar-refractivity contribution in [1.82, 2.24) is 20.3 Å². The predicted molar refractivity (Wildman–Crippen MR) is 71.0 cm³/mol. The van der Waals surface area contributed by atoms with Crippen molar-refractivity contribution >= 4 is 5.91 Å². The van der Waals surface area contributed by atoms with Crippen LogP contribution in [0, 0.1) is 11.6 Å². The molecule has 1 aromatic carbocycles. The van der Waals surface area contributed by atoms with Gasteiger partial charge in [-0.3, -0.25) is 4.79 Å². The number of halogens is 2. The van der Waals surface area contributed by atoms with Crippen LogP contribution in [0.1, 0.15) is 11.3 Å². The monoisotopic (exact) mass is 295 g/mol. The van der Waals surface area contributed by atoms with Gasteiger partial charge in [-0.1, -0.05) is 5.21 Å². The average molecular weight is 295 g/mol. The molecular weight excluding hydrogens is 280 g/mol. The third-order valence-corrected chi connectivity index (χ3v) is 2.76. The number of amides is 1. The molecular formula is C13H15F2N5O. The lowest BCUT2D eigenvalue weighted by Gasteiger charge is -2.05. The van der Waals surface area contributed by atoms with Crippen molar-refractivity contribution in [3.63, 3.8) is 0 Å². The third kappa shape index (κ3) is 4.60. The molecule has 0 unspecified atom stereocenters. The molecule has 0 fully saturated rings. The van der Waals surface area contributed by atoms with E-state index < -0.39 is 11.6 Å². The van der Waals surface area contributed by atoms with Crippen LogP contribution in [0.25, 0.3) is 0 Å². The van der Waals surface area contributed by atoms with E-state index in [1.807, 2.05) is 0 Å². The Balaban J connectivity index is 1.78. The van der Waals surface area contributed by atoms with Crippen molar-refractivity contribution in [2.24, 2.45) is 5.73 Å². The molecule has 2 rings (SSSR count). The maximum atomic E-state index is 13.0. The first kappa shape index (κ1) is 15.0. The summed E-state index contributed by atoms with van der Waals surface area (Å²) < 4.78 is 27.3. The number of carbonyl (C=O) groups is 1. The van der Waals surface area contributed by atoms with E-state index in [-0.39, 0.29) is 25.5 Å². The molecule has 0 aliphatic rings. The standard InChI is InChI=1S/C13H15F2N5O/c14-10-3-9(4-11(15)5-10)1-2-17-13(21)8-20-7-12(6-16)18-19-20/h3-5,7H,1-2,6,8,16H2,(H,17,21). The molecule has 0 saturated heterocycles. The minimum atomic E-state index is -0.631. The maximum Gasteiger partial charge on any atom is 0.241 e. The van der Waals surface area contributed by atoms with Gasteiger partial charge in [0.15, 0.2) is 0 Å². The van der Waals surface area contributed by atoms with Gasteiger partial charge >= 0.3 is 0 Å². The minimum absolute atomic E-state index is 0.0184. The van der Waals surface area contributed by atoms with E-state index in [2.05, 4.69) is 15.6 Å². The molecule has 0 aliphatic carbocycles. The van der Waals surface area contributed by atoms with Crippen LogP contribution in [0.5, 0.6) is 0 Å². The van der Waals surface area contributed by atoms with Crippen LogP contribution in [0.4, 0.5) is 8.78 Å². The average Bonchev–Trinajstić information content (AvgIpc) is 2.85. The normalized spacial score (nSPS) is 10.6. The van der Waals surface area contributed by atoms with Gasteiger partial charge in [-0.15, -0.1) is 5.10 Å². The summed E-state index contributed by atoms with van der Waals surface area (Å²) in [5.41, 5.74) is 6.47. The number of benzene rings is 1. The van der Waals surface area contributed by atoms with E-state index in [0.29, 0.717) is 17.7 Å². The van der Waals surface area contributed by atoms with Crippen molar-refractivity contribution in [2.75, 3.05) is 6.54 Å². The molecule has 0 aliphatic heterocycles. The lowest BCUT2D eigenvalue weighted by molar-refractivity contribution is -0.121. The van der Waals surface area contributed by atoms with Crippen LogP contribution in [0.15, 0.2) is 24.4 Å². The zero-order valence-electron chi connectivity index (χ0n) is 11.2. The fourth-order valence-corrected chi connectivity index (χ4v) is 1.81. The van der Waals surface area contributed by atoms with Gasteiger partial charge in [0, 0.05) is 19.2 Å². The summed E-state index contributed by atoms with van der Waals surface area (Å²) in [6, 6.07) is 3.28. The number of hydrogen-bond acceptors (Lipinski definition) is 4. The predicted octanol–water partition coefficient (Wildman–Crippen LogP) is 0.374. The van der Waals surface area contributed by atoms with E-state index in [4.69, 9.17) is 5.73 Å². The van der Waals surface area contributed by atoms with Crippen molar-refractivity contribution in [2.45, 2.75) is 19.5 Å². The summed E-state index contributed by atoms with van der Waals surface area (Å²) >= 11 is 0. The summed E-state index contributed by atoms with van der Waals surface area (Å²) in [4.78, 5) is 11.7. The third-order valence-electron chi connectivity index (χ3n) is 2.76. The molecule has 2 aromatic rings. The lowest BCUT2D eigenvalue weighted by atomic mass is 10.1. The lowest BCUT2D eigenvalue weighted by Crippen LogP contribution is -2.29. The van der Waals surface area contributed by atoms with E-state index in [0.717, 1.165) is 6.07 Å². The number of carbonyl (C=O) groups excluding carboxylic acids is 1. The van der Waals surface area contributed by atoms with E-state index in [1.54, 1.807) is 6.20 Å². The summed E-state index contributed by atoms with van der Waals surface area (Å²) in [7, 11) is 0. The molecule has 1 heterocycles. The molecule has 0 atom stereocenters. The summed E-state index contributed by atoms with van der Waals surface area (Å²) in [5.74, 6) is -1.53. The van der Waals surface area contributed by atoms with E-state index in [9.17, 15) is 13.6 Å². The number of hydrogen-bond donors (Lipinski definition) is 2. The smallest absolute Gasteiger partial charge is 0.241 e. The number of nitrogens with one attached hydrogen (secondary N) is 1. The highest BCUT2D eigenvalue weighted by Gasteiger charge is 2.06. The number of nitrogens with two attached hydrogens (primary N) is 1. The van der Waals surface area contributed by atoms with Crippen LogP contribution in [0.2, 0.25) is 0 Å². The van der Waals surface area contributed by atoms with Crippen LogP contribution >= 0.6 is 0 Å². The van der Waals surface area contributed by atoms with Crippen LogP contribution in [0.3, 0.4) is 0 Å². The molecule has 1 aromatic heterocycles. The second kappa shape index (κ2) is 6.89. The van der Waals surface area contributed by atoms with Crippen LogP contribution < -0.4 is 11.1 Å². The Labute approximate surface area is 119 Å². The second-order valence-electron chi connectivity index (χ2n) is 4.49. The van der Waals surface area contributed by atoms with Crippen molar-refractivity contribution in [3.05, 3.63) is 47.3 Å². The summed E-state index contributed by atoms with van der Waals surface area (Å²) in [6.45, 7) is 0.553. The SMILES string of the molecule is NCc1cn(CC(=O)NCCc2cc(F)cc(F)c2)nn1. The molecule has 3 N–H and O–H groups in total. The Kier molecular flexibility index (Phi) is 4.94. The molecule has 0 radical (unpaired) electrons. The van der Waals surface area contributed by atoms with Gasteiger partial charge in [-0.2, -0.15) is 0 Å². The van der Waals surface area contributed by atoms with Crippen LogP contribution in [-0.2, 0) is 24.3 Å². The van der Waals surface area contributed by atoms with Crippen molar-refractivity contribution in [3.8, 4) is 0 Å². The molecule has 21 heavy (non-hydrogen) atoms. The Morgan fingerprint density at radius 2 is 2.00 bits per heavy atom. The molecule has 0 spiro atoms. The topological polar surface area (TPSA) is 85.8 Å². The molecule has 112 valence electrons. The Morgan fingerprint density at radius 1 is 1.29 bits per heavy atom. The molecule has 8 heteroatoms. The highest BCUT2D eigenvalue weighted by molar-refractivity contribution is 5.75. The zero-order valence-corrected chi connectivity index (χ0v) is 11.2. The Hall–Kier alpha value is -2.35. The van der Waals surface area contributed by atoms with Gasteiger partial charge in [0.1, 0.15) is 18.2 Å². The largest absolute Gasteiger partial charge is 0.354 e. The molecule has 0 saturated carbocycles.